The molecule has 2 rings (SSSR count). The molecule has 0 spiro atoms. The van der Waals surface area contributed by atoms with Crippen LogP contribution in [0.3, 0.4) is 0 Å². The summed E-state index contributed by atoms with van der Waals surface area (Å²) in [5, 5.41) is 0. The van der Waals surface area contributed by atoms with Crippen molar-refractivity contribution in [2.45, 2.75) is 30.9 Å². The number of benzene rings is 1. The minimum absolute atomic E-state index is 0.0512. The number of hydrogen-bond donors (Lipinski definition) is 1. The van der Waals surface area contributed by atoms with Gasteiger partial charge in [0.2, 0.25) is 0 Å². The van der Waals surface area contributed by atoms with Crippen molar-refractivity contribution in [1.29, 1.82) is 0 Å². The number of nitrogens with zero attached hydrogens (tertiary/aromatic N) is 1. The molecule has 1 aromatic rings. The first-order valence-corrected chi connectivity index (χ1v) is 6.25. The summed E-state index contributed by atoms with van der Waals surface area (Å²) in [4.78, 5) is 1.67. The fourth-order valence-corrected chi connectivity index (χ4v) is 2.63. The Bertz CT molecular complexity index is 480. The van der Waals surface area contributed by atoms with Gasteiger partial charge in [0, 0.05) is 18.6 Å². The molecule has 2 unspecified atom stereocenters. The Kier molecular flexibility index (Phi) is 3.96. The minimum Gasteiger partial charge on any atom is -0.326 e. The topological polar surface area (TPSA) is 29.3 Å². The summed E-state index contributed by atoms with van der Waals surface area (Å²) in [6.07, 6.45) is -9.15. The second-order valence-electron chi connectivity index (χ2n) is 5.22. The van der Waals surface area contributed by atoms with Crippen LogP contribution in [-0.2, 0) is 12.4 Å². The lowest BCUT2D eigenvalue weighted by Crippen LogP contribution is -2.30. The zero-order chi connectivity index (χ0) is 16.0. The maximum Gasteiger partial charge on any atom is 0.416 e. The molecule has 2 N–H and O–H groups in total. The van der Waals surface area contributed by atoms with Crippen LogP contribution >= 0.6 is 0 Å². The van der Waals surface area contributed by atoms with Crippen LogP contribution in [0.5, 0.6) is 0 Å². The van der Waals surface area contributed by atoms with Crippen LogP contribution in [-0.4, -0.2) is 24.5 Å². The Morgan fingerprint density at radius 3 is 1.81 bits per heavy atom. The molecular formula is C13H14F6N2. The van der Waals surface area contributed by atoms with E-state index >= 15 is 0 Å². The molecule has 2 atom stereocenters. The molecular weight excluding hydrogens is 298 g/mol. The van der Waals surface area contributed by atoms with Gasteiger partial charge in [-0.15, -0.1) is 0 Å². The number of hydrogen-bond acceptors (Lipinski definition) is 2. The van der Waals surface area contributed by atoms with Crippen LogP contribution in [0.2, 0.25) is 0 Å². The van der Waals surface area contributed by atoms with E-state index in [2.05, 4.69) is 0 Å². The van der Waals surface area contributed by atoms with Gasteiger partial charge in [0.1, 0.15) is 0 Å². The predicted octanol–water partition coefficient (Wildman–Crippen LogP) is 3.43. The molecule has 1 fully saturated rings. The van der Waals surface area contributed by atoms with E-state index in [0.29, 0.717) is 13.0 Å². The number of likely N-dealkylation sites (N-methyl/N-ethyl adjacent to an activating group) is 1. The lowest BCUT2D eigenvalue weighted by atomic mass is 9.96. The second kappa shape index (κ2) is 5.17. The highest BCUT2D eigenvalue weighted by molar-refractivity contribution is 5.36. The number of nitrogens with two attached hydrogens (primary N) is 1. The van der Waals surface area contributed by atoms with Gasteiger partial charge in [0.15, 0.2) is 0 Å². The summed E-state index contributed by atoms with van der Waals surface area (Å²) < 4.78 is 76.8. The van der Waals surface area contributed by atoms with E-state index in [0.717, 1.165) is 12.1 Å². The normalized spacial score (nSPS) is 24.6. The molecule has 118 valence electrons. The molecule has 2 nitrogen and oxygen atoms in total. The van der Waals surface area contributed by atoms with Crippen molar-refractivity contribution in [2.24, 2.45) is 5.73 Å². The van der Waals surface area contributed by atoms with Crippen LogP contribution in [0.4, 0.5) is 26.3 Å². The van der Waals surface area contributed by atoms with E-state index < -0.39 is 35.6 Å². The fourth-order valence-electron chi connectivity index (χ4n) is 2.63. The number of likely N-dealkylation sites (tertiary alicyclic amines) is 1. The van der Waals surface area contributed by atoms with Gasteiger partial charge in [-0.25, -0.2) is 0 Å². The van der Waals surface area contributed by atoms with Crippen LogP contribution < -0.4 is 5.73 Å². The average molecular weight is 312 g/mol. The van der Waals surface area contributed by atoms with E-state index in [1.807, 2.05) is 0 Å². The van der Waals surface area contributed by atoms with Gasteiger partial charge in [0.25, 0.3) is 0 Å². The van der Waals surface area contributed by atoms with Gasteiger partial charge in [-0.3, -0.25) is 4.90 Å². The first-order valence-electron chi connectivity index (χ1n) is 6.25. The lowest BCUT2D eigenvalue weighted by Gasteiger charge is -2.25. The Hall–Kier alpha value is -1.28. The van der Waals surface area contributed by atoms with E-state index in [4.69, 9.17) is 5.73 Å². The third-order valence-electron chi connectivity index (χ3n) is 3.65. The van der Waals surface area contributed by atoms with Crippen LogP contribution in [0.15, 0.2) is 18.2 Å². The molecule has 1 heterocycles. The Balaban J connectivity index is 2.55. The maximum absolute atomic E-state index is 12.8. The summed E-state index contributed by atoms with van der Waals surface area (Å²) in [6.45, 7) is 0.531. The van der Waals surface area contributed by atoms with Gasteiger partial charge in [-0.2, -0.15) is 26.3 Å². The molecule has 0 radical (unpaired) electrons. The van der Waals surface area contributed by atoms with Crippen molar-refractivity contribution in [3.05, 3.63) is 34.9 Å². The predicted molar refractivity (Wildman–Crippen MR) is 64.4 cm³/mol. The van der Waals surface area contributed by atoms with Crippen LogP contribution in [0.1, 0.15) is 29.2 Å². The molecule has 0 amide bonds. The molecule has 0 aliphatic carbocycles. The molecule has 1 saturated heterocycles. The van der Waals surface area contributed by atoms with E-state index in [-0.39, 0.29) is 11.6 Å². The maximum atomic E-state index is 12.8. The monoisotopic (exact) mass is 312 g/mol. The van der Waals surface area contributed by atoms with Crippen LogP contribution in [0.25, 0.3) is 0 Å². The molecule has 21 heavy (non-hydrogen) atoms. The van der Waals surface area contributed by atoms with Crippen molar-refractivity contribution in [3.63, 3.8) is 0 Å². The van der Waals surface area contributed by atoms with Crippen molar-refractivity contribution in [1.82, 2.24) is 4.90 Å². The van der Waals surface area contributed by atoms with Crippen molar-refractivity contribution in [3.8, 4) is 0 Å². The van der Waals surface area contributed by atoms with Crippen molar-refractivity contribution >= 4 is 0 Å². The zero-order valence-electron chi connectivity index (χ0n) is 11.1. The Morgan fingerprint density at radius 1 is 1.00 bits per heavy atom. The molecule has 1 aliphatic rings. The summed E-state index contributed by atoms with van der Waals surface area (Å²) >= 11 is 0. The largest absolute Gasteiger partial charge is 0.416 e. The highest BCUT2D eigenvalue weighted by atomic mass is 19.4. The van der Waals surface area contributed by atoms with Crippen molar-refractivity contribution < 1.29 is 26.3 Å². The first kappa shape index (κ1) is 16.1. The van der Waals surface area contributed by atoms with Crippen LogP contribution in [0, 0.1) is 0 Å². The third kappa shape index (κ3) is 3.32. The fraction of sp³-hybridized carbons (Fsp3) is 0.538. The van der Waals surface area contributed by atoms with E-state index in [1.165, 1.54) is 0 Å². The summed E-state index contributed by atoms with van der Waals surface area (Å²) in [7, 11) is 1.63. The summed E-state index contributed by atoms with van der Waals surface area (Å²) in [5.41, 5.74) is 3.15. The standard InChI is InChI=1S/C13H14F6N2/c1-21-3-2-10(20)11(21)7-4-8(12(14,15)16)6-9(5-7)13(17,18)19/h4-6,10-11H,2-3,20H2,1H3. The van der Waals surface area contributed by atoms with Gasteiger partial charge in [-0.1, -0.05) is 0 Å². The zero-order valence-corrected chi connectivity index (χ0v) is 11.1. The first-order chi connectivity index (χ1) is 9.50. The summed E-state index contributed by atoms with van der Waals surface area (Å²) in [5.74, 6) is 0. The Morgan fingerprint density at radius 2 is 1.48 bits per heavy atom. The highest BCUT2D eigenvalue weighted by Crippen LogP contribution is 2.39. The van der Waals surface area contributed by atoms with Gasteiger partial charge < -0.3 is 5.73 Å². The third-order valence-corrected chi connectivity index (χ3v) is 3.65. The summed E-state index contributed by atoms with van der Waals surface area (Å²) in [6, 6.07) is 0.501. The second-order valence-corrected chi connectivity index (χ2v) is 5.22. The van der Waals surface area contributed by atoms with Gasteiger partial charge in [0.05, 0.1) is 11.1 Å². The number of rotatable bonds is 1. The molecule has 8 heteroatoms. The van der Waals surface area contributed by atoms with Gasteiger partial charge in [-0.05, 0) is 37.2 Å². The quantitative estimate of drug-likeness (QED) is 0.805. The average Bonchev–Trinajstić information content (AvgIpc) is 2.66. The number of halogens is 6. The smallest absolute Gasteiger partial charge is 0.326 e. The molecule has 0 aromatic heterocycles. The SMILES string of the molecule is CN1CCC(N)C1c1cc(C(F)(F)F)cc(C(F)(F)F)c1. The Labute approximate surface area is 117 Å². The van der Waals surface area contributed by atoms with Gasteiger partial charge >= 0.3 is 12.4 Å². The number of alkyl halides is 6. The molecule has 1 aromatic carbocycles. The van der Waals surface area contributed by atoms with E-state index in [1.54, 1.807) is 11.9 Å². The molecule has 0 saturated carbocycles. The lowest BCUT2D eigenvalue weighted by molar-refractivity contribution is -0.143. The molecule has 1 aliphatic heterocycles. The highest BCUT2D eigenvalue weighted by Gasteiger charge is 2.39. The van der Waals surface area contributed by atoms with Crippen molar-refractivity contribution in [2.75, 3.05) is 13.6 Å². The minimum atomic E-state index is -4.84. The molecule has 0 bridgehead atoms. The van der Waals surface area contributed by atoms with E-state index in [9.17, 15) is 26.3 Å².